The third kappa shape index (κ3) is 9.57. The zero-order chi connectivity index (χ0) is 22.2. The van der Waals surface area contributed by atoms with E-state index in [1.54, 1.807) is 12.4 Å². The molecule has 0 N–H and O–H groups in total. The second kappa shape index (κ2) is 18.0. The van der Waals surface area contributed by atoms with Crippen LogP contribution in [0.2, 0.25) is 5.02 Å². The molecular weight excluding hydrogens is 559 g/mol. The van der Waals surface area contributed by atoms with Crippen molar-refractivity contribution in [2.45, 2.75) is 53.4 Å². The minimum absolute atomic E-state index is 0. The largest absolute Gasteiger partial charge is 1.00 e. The van der Waals surface area contributed by atoms with E-state index in [9.17, 15) is 0 Å². The molecule has 189 valence electrons. The number of aromatic nitrogens is 1. The van der Waals surface area contributed by atoms with Gasteiger partial charge < -0.3 is 37.2 Å². The van der Waals surface area contributed by atoms with Crippen molar-refractivity contribution in [2.75, 3.05) is 0 Å². The van der Waals surface area contributed by atoms with Gasteiger partial charge in [-0.3, -0.25) is 9.98 Å². The molecule has 0 amide bonds. The number of para-hydroxylation sites is 2. The molecule has 1 radical (unpaired) electrons. The van der Waals surface area contributed by atoms with Crippen molar-refractivity contribution < 1.29 is 55.8 Å². The quantitative estimate of drug-likeness (QED) is 0.295. The van der Waals surface area contributed by atoms with Gasteiger partial charge in [0.15, 0.2) is 0 Å². The van der Waals surface area contributed by atoms with Crippen molar-refractivity contribution in [1.82, 2.24) is 4.98 Å². The minimum Gasteiger partial charge on any atom is -1.00 e. The van der Waals surface area contributed by atoms with E-state index < -0.39 is 0 Å². The van der Waals surface area contributed by atoms with Gasteiger partial charge in [-0.15, -0.1) is 0 Å². The van der Waals surface area contributed by atoms with Gasteiger partial charge in [-0.05, 0) is 60.1 Å². The van der Waals surface area contributed by atoms with Crippen molar-refractivity contribution in [3.63, 3.8) is 0 Å². The number of benzene rings is 2. The summed E-state index contributed by atoms with van der Waals surface area (Å²) >= 11 is 6.38. The van der Waals surface area contributed by atoms with Crippen molar-refractivity contribution in [1.29, 1.82) is 0 Å². The van der Waals surface area contributed by atoms with Gasteiger partial charge in [0.25, 0.3) is 0 Å². The summed E-state index contributed by atoms with van der Waals surface area (Å²) in [5.41, 5.74) is 8.47. The Kier molecular flexibility index (Phi) is 18.4. The molecule has 0 saturated heterocycles. The number of nitrogens with zero attached hydrogens (tertiary/aromatic N) is 3. The van der Waals surface area contributed by atoms with E-state index in [4.69, 9.17) is 26.6 Å². The van der Waals surface area contributed by atoms with Gasteiger partial charge in [-0.25, -0.2) is 4.98 Å². The topological polar surface area (TPSA) is 37.6 Å². The summed E-state index contributed by atoms with van der Waals surface area (Å²) in [6.07, 6.45) is 7.37. The number of hydrogen-bond acceptors (Lipinski definition) is 3. The first-order valence-electron chi connectivity index (χ1n) is 11.1. The van der Waals surface area contributed by atoms with Gasteiger partial charge in [0.05, 0.1) is 35.2 Å². The van der Waals surface area contributed by atoms with Gasteiger partial charge in [-0.1, -0.05) is 75.7 Å². The maximum absolute atomic E-state index is 6.38. The fourth-order valence-corrected chi connectivity index (χ4v) is 3.92. The molecule has 3 nitrogen and oxygen atoms in total. The molecule has 2 aromatic carbocycles. The Labute approximate surface area is 245 Å². The normalized spacial score (nSPS) is 10.3. The average molecular weight is 589 g/mol. The molecule has 0 fully saturated rings. The molecular formula is C27H30Cl4N3V-3. The number of aliphatic imine (C=N–C) groups is 2. The first-order chi connectivity index (χ1) is 15.1. The standard InChI is InChI=1S/C27H30ClN3.3ClH.V/c1-5-19-11-9-12-20(6-2)26(19)29-17-24-15-23(28)16-25(31-24)18-30-27-21(7-3)13-10-14-22(27)8-4;;;;/h9-18H,5-8H2,1-4H3;3*1H;/p-3. The van der Waals surface area contributed by atoms with E-state index in [1.807, 2.05) is 12.1 Å². The molecule has 0 aliphatic carbocycles. The molecule has 3 rings (SSSR count). The van der Waals surface area contributed by atoms with Crippen molar-refractivity contribution >= 4 is 35.4 Å². The van der Waals surface area contributed by atoms with Crippen LogP contribution in [-0.4, -0.2) is 17.4 Å². The van der Waals surface area contributed by atoms with Crippen LogP contribution in [0.4, 0.5) is 11.4 Å². The third-order valence-corrected chi connectivity index (χ3v) is 5.63. The Balaban J connectivity index is 0. The summed E-state index contributed by atoms with van der Waals surface area (Å²) in [6, 6.07) is 16.4. The molecule has 0 atom stereocenters. The van der Waals surface area contributed by atoms with Gasteiger partial charge in [0.2, 0.25) is 0 Å². The summed E-state index contributed by atoms with van der Waals surface area (Å²) in [6.45, 7) is 8.61. The molecule has 3 aromatic rings. The molecule has 0 aliphatic heterocycles. The Morgan fingerprint density at radius 3 is 1.26 bits per heavy atom. The van der Waals surface area contributed by atoms with Gasteiger partial charge in [-0.2, -0.15) is 0 Å². The zero-order valence-corrected chi connectivity index (χ0v) is 24.8. The van der Waals surface area contributed by atoms with Crippen molar-refractivity contribution in [3.8, 4) is 0 Å². The molecule has 0 unspecified atom stereocenters. The second-order valence-corrected chi connectivity index (χ2v) is 7.85. The van der Waals surface area contributed by atoms with E-state index in [-0.39, 0.29) is 55.8 Å². The Morgan fingerprint density at radius 1 is 0.657 bits per heavy atom. The van der Waals surface area contributed by atoms with Gasteiger partial charge >= 0.3 is 0 Å². The predicted octanol–water partition coefficient (Wildman–Crippen LogP) is -1.50. The first kappa shape index (κ1) is 35.8. The van der Waals surface area contributed by atoms with Crippen LogP contribution < -0.4 is 37.2 Å². The number of aryl methyl sites for hydroxylation is 4. The van der Waals surface area contributed by atoms with Crippen LogP contribution in [0.1, 0.15) is 61.3 Å². The smallest absolute Gasteiger partial charge is 0.0835 e. The maximum atomic E-state index is 6.38. The van der Waals surface area contributed by atoms with Crippen LogP contribution in [0, 0.1) is 0 Å². The van der Waals surface area contributed by atoms with Crippen LogP contribution in [-0.2, 0) is 44.2 Å². The first-order valence-corrected chi connectivity index (χ1v) is 11.4. The van der Waals surface area contributed by atoms with Crippen molar-refractivity contribution in [2.24, 2.45) is 9.98 Å². The Hall–Kier alpha value is -1.33. The van der Waals surface area contributed by atoms with Gasteiger partial charge in [0.1, 0.15) is 0 Å². The van der Waals surface area contributed by atoms with Crippen LogP contribution in [0.3, 0.4) is 0 Å². The SMILES string of the molecule is CCc1cccc(CC)c1N=Cc1cc(Cl)cc(C=Nc2c(CC)cccc2CC)n1.[Cl-].[Cl-].[Cl-].[V]. The predicted molar refractivity (Wildman–Crippen MR) is 134 cm³/mol. The third-order valence-electron chi connectivity index (χ3n) is 5.41. The van der Waals surface area contributed by atoms with Crippen LogP contribution in [0.25, 0.3) is 0 Å². The molecule has 0 aliphatic rings. The molecule has 1 aromatic heterocycles. The number of hydrogen-bond donors (Lipinski definition) is 0. The molecule has 8 heteroatoms. The monoisotopic (exact) mass is 587 g/mol. The summed E-state index contributed by atoms with van der Waals surface area (Å²) < 4.78 is 0. The fraction of sp³-hybridized carbons (Fsp3) is 0.296. The summed E-state index contributed by atoms with van der Waals surface area (Å²) in [5.74, 6) is 0. The fourth-order valence-electron chi connectivity index (χ4n) is 3.69. The van der Waals surface area contributed by atoms with Crippen molar-refractivity contribution in [3.05, 3.63) is 87.2 Å². The summed E-state index contributed by atoms with van der Waals surface area (Å²) in [7, 11) is 0. The van der Waals surface area contributed by atoms with E-state index in [0.717, 1.165) is 48.4 Å². The molecule has 0 spiro atoms. The van der Waals surface area contributed by atoms with Crippen LogP contribution in [0.15, 0.2) is 58.5 Å². The molecule has 0 saturated carbocycles. The molecule has 1 heterocycles. The van der Waals surface area contributed by atoms with E-state index >= 15 is 0 Å². The summed E-state index contributed by atoms with van der Waals surface area (Å²) in [4.78, 5) is 14.3. The molecule has 0 bridgehead atoms. The average Bonchev–Trinajstić information content (AvgIpc) is 2.80. The second-order valence-electron chi connectivity index (χ2n) is 7.42. The van der Waals surface area contributed by atoms with Crippen LogP contribution in [0.5, 0.6) is 0 Å². The van der Waals surface area contributed by atoms with Crippen LogP contribution >= 0.6 is 11.6 Å². The zero-order valence-electron chi connectivity index (χ0n) is 20.4. The van der Waals surface area contributed by atoms with Gasteiger partial charge in [0, 0.05) is 23.6 Å². The van der Waals surface area contributed by atoms with E-state index in [2.05, 4.69) is 64.1 Å². The van der Waals surface area contributed by atoms with E-state index in [1.165, 1.54) is 22.3 Å². The maximum Gasteiger partial charge on any atom is 0.0835 e. The summed E-state index contributed by atoms with van der Waals surface area (Å²) in [5, 5.41) is 0.622. The number of halogens is 4. The Morgan fingerprint density at radius 2 is 0.971 bits per heavy atom. The Bertz CT molecular complexity index is 989. The van der Waals surface area contributed by atoms with E-state index in [0.29, 0.717) is 5.02 Å². The number of pyridine rings is 1. The minimum atomic E-state index is 0. The molecule has 35 heavy (non-hydrogen) atoms. The number of rotatable bonds is 8.